The van der Waals surface area contributed by atoms with Gasteiger partial charge in [-0.25, -0.2) is 18.7 Å². The molecule has 1 aliphatic carbocycles. The summed E-state index contributed by atoms with van der Waals surface area (Å²) in [5.74, 6) is -1.49. The van der Waals surface area contributed by atoms with E-state index in [1.807, 2.05) is 6.92 Å². The molecule has 2 amide bonds. The molecule has 140 valence electrons. The van der Waals surface area contributed by atoms with Crippen molar-refractivity contribution in [3.63, 3.8) is 0 Å². The molecule has 2 heterocycles. The van der Waals surface area contributed by atoms with Gasteiger partial charge in [0.2, 0.25) is 11.9 Å². The molecule has 1 aromatic heterocycles. The highest BCUT2D eigenvalue weighted by atomic mass is 79.9. The number of halogens is 3. The highest BCUT2D eigenvalue weighted by Gasteiger charge is 2.62. The van der Waals surface area contributed by atoms with Crippen LogP contribution in [-0.4, -0.2) is 45.9 Å². The molecule has 27 heavy (non-hydrogen) atoms. The second-order valence-electron chi connectivity index (χ2n) is 6.91. The van der Waals surface area contributed by atoms with Crippen molar-refractivity contribution in [2.45, 2.75) is 24.9 Å². The zero-order valence-electron chi connectivity index (χ0n) is 14.3. The van der Waals surface area contributed by atoms with Gasteiger partial charge >= 0.3 is 0 Å². The minimum atomic E-state index is -1.25. The molecule has 1 aromatic carbocycles. The van der Waals surface area contributed by atoms with Crippen LogP contribution >= 0.6 is 15.9 Å². The molecular formula is C18H15BrF2N4O2. The number of aromatic nitrogens is 2. The molecule has 4 rings (SSSR count). The van der Waals surface area contributed by atoms with E-state index in [-0.39, 0.29) is 41.1 Å². The predicted molar refractivity (Wildman–Crippen MR) is 96.6 cm³/mol. The summed E-state index contributed by atoms with van der Waals surface area (Å²) in [7, 11) is 0. The first-order valence-electron chi connectivity index (χ1n) is 8.32. The Hall–Kier alpha value is -2.42. The fourth-order valence-corrected chi connectivity index (χ4v) is 3.81. The predicted octanol–water partition coefficient (Wildman–Crippen LogP) is 2.76. The minimum Gasteiger partial charge on any atom is -0.328 e. The van der Waals surface area contributed by atoms with Crippen LogP contribution in [0.2, 0.25) is 0 Å². The number of carbonyl (C=O) groups is 2. The molecule has 0 radical (unpaired) electrons. The van der Waals surface area contributed by atoms with Crippen LogP contribution in [0.15, 0.2) is 29.0 Å². The number of hydrogen-bond acceptors (Lipinski definition) is 4. The van der Waals surface area contributed by atoms with Gasteiger partial charge in [0, 0.05) is 30.1 Å². The second kappa shape index (κ2) is 6.33. The first kappa shape index (κ1) is 18.0. The van der Waals surface area contributed by atoms with Crippen molar-refractivity contribution in [3.8, 4) is 0 Å². The molecule has 1 N–H and O–H groups in total. The van der Waals surface area contributed by atoms with Crippen LogP contribution in [-0.2, 0) is 10.2 Å². The highest BCUT2D eigenvalue weighted by molar-refractivity contribution is 9.10. The fraction of sp³-hybridized carbons (Fsp3) is 0.333. The number of aryl methyl sites for hydroxylation is 1. The number of carbonyl (C=O) groups excluding carboxylic acids is 2. The Kier molecular flexibility index (Phi) is 4.21. The third-order valence-electron chi connectivity index (χ3n) is 4.93. The van der Waals surface area contributed by atoms with E-state index in [2.05, 4.69) is 31.2 Å². The normalized spacial score (nSPS) is 23.3. The van der Waals surface area contributed by atoms with Crippen molar-refractivity contribution >= 4 is 33.7 Å². The first-order chi connectivity index (χ1) is 12.8. The van der Waals surface area contributed by atoms with Crippen LogP contribution in [0.1, 0.15) is 27.9 Å². The van der Waals surface area contributed by atoms with E-state index in [4.69, 9.17) is 0 Å². The summed E-state index contributed by atoms with van der Waals surface area (Å²) < 4.78 is 29.0. The lowest BCUT2D eigenvalue weighted by molar-refractivity contribution is -0.117. The van der Waals surface area contributed by atoms with Crippen LogP contribution in [0.5, 0.6) is 0 Å². The van der Waals surface area contributed by atoms with Gasteiger partial charge in [-0.15, -0.1) is 0 Å². The Morgan fingerprint density at radius 3 is 2.70 bits per heavy atom. The monoisotopic (exact) mass is 436 g/mol. The number of alkyl halides is 1. The van der Waals surface area contributed by atoms with Gasteiger partial charge in [-0.05, 0) is 47.0 Å². The molecule has 2 atom stereocenters. The third kappa shape index (κ3) is 2.99. The zero-order chi connectivity index (χ0) is 19.3. The number of nitrogens with one attached hydrogen (secondary N) is 1. The van der Waals surface area contributed by atoms with Gasteiger partial charge in [0.15, 0.2) is 0 Å². The Bertz CT molecular complexity index is 953. The van der Waals surface area contributed by atoms with Crippen molar-refractivity contribution in [3.05, 3.63) is 51.5 Å². The minimum absolute atomic E-state index is 0.0461. The van der Waals surface area contributed by atoms with Gasteiger partial charge in [0.1, 0.15) is 18.5 Å². The van der Waals surface area contributed by atoms with E-state index in [9.17, 15) is 18.4 Å². The topological polar surface area (TPSA) is 75.2 Å². The van der Waals surface area contributed by atoms with Gasteiger partial charge in [0.05, 0.1) is 9.89 Å². The van der Waals surface area contributed by atoms with Gasteiger partial charge in [-0.1, -0.05) is 0 Å². The standard InChI is InChI=1S/C18H15BrF2N4O2/c1-9-5-22-17(23-6-9)24-13(26)7-25-8-18(4-12(18)20)14-10(16(25)27)2-3-11(19)15(14)21/h2-3,5-6,12H,4,7-8H2,1H3,(H,22,23,24,26)/t12-,18+/m1/s1. The van der Waals surface area contributed by atoms with Gasteiger partial charge < -0.3 is 4.90 Å². The summed E-state index contributed by atoms with van der Waals surface area (Å²) in [6.07, 6.45) is 1.98. The molecule has 2 aliphatic rings. The van der Waals surface area contributed by atoms with Gasteiger partial charge in [0.25, 0.3) is 5.91 Å². The number of anilines is 1. The average molecular weight is 437 g/mol. The van der Waals surface area contributed by atoms with Crippen LogP contribution in [0.4, 0.5) is 14.7 Å². The van der Waals surface area contributed by atoms with Crippen molar-refractivity contribution in [1.82, 2.24) is 14.9 Å². The van der Waals surface area contributed by atoms with Crippen LogP contribution in [0.3, 0.4) is 0 Å². The van der Waals surface area contributed by atoms with Crippen molar-refractivity contribution in [1.29, 1.82) is 0 Å². The van der Waals surface area contributed by atoms with Gasteiger partial charge in [-0.2, -0.15) is 0 Å². The smallest absolute Gasteiger partial charge is 0.254 e. The maximum absolute atomic E-state index is 14.6. The lowest BCUT2D eigenvalue weighted by atomic mass is 9.85. The summed E-state index contributed by atoms with van der Waals surface area (Å²) >= 11 is 3.09. The number of nitrogens with zero attached hydrogens (tertiary/aromatic N) is 3. The first-order valence-corrected chi connectivity index (χ1v) is 9.11. The maximum atomic E-state index is 14.6. The number of hydrogen-bond donors (Lipinski definition) is 1. The average Bonchev–Trinajstić information content (AvgIpc) is 3.26. The Morgan fingerprint density at radius 1 is 1.41 bits per heavy atom. The molecule has 1 fully saturated rings. The quantitative estimate of drug-likeness (QED) is 0.802. The SMILES string of the molecule is Cc1cnc(NC(=O)CN2C[C@]3(C[C@H]3F)c3c(ccc(Br)c3F)C2=O)nc1. The Balaban J connectivity index is 1.58. The zero-order valence-corrected chi connectivity index (χ0v) is 15.9. The molecule has 0 unspecified atom stereocenters. The summed E-state index contributed by atoms with van der Waals surface area (Å²) in [5, 5.41) is 2.51. The van der Waals surface area contributed by atoms with Crippen LogP contribution in [0.25, 0.3) is 0 Å². The third-order valence-corrected chi connectivity index (χ3v) is 5.55. The highest BCUT2D eigenvalue weighted by Crippen LogP contribution is 2.55. The summed E-state index contributed by atoms with van der Waals surface area (Å²) in [4.78, 5) is 34.2. The summed E-state index contributed by atoms with van der Waals surface area (Å²) in [6, 6.07) is 2.88. The van der Waals surface area contributed by atoms with E-state index >= 15 is 0 Å². The van der Waals surface area contributed by atoms with Crippen molar-refractivity contribution in [2.75, 3.05) is 18.4 Å². The van der Waals surface area contributed by atoms with E-state index in [1.165, 1.54) is 17.0 Å². The molecular weight excluding hydrogens is 422 g/mol. The number of rotatable bonds is 3. The maximum Gasteiger partial charge on any atom is 0.254 e. The van der Waals surface area contributed by atoms with E-state index in [0.717, 1.165) is 5.56 Å². The molecule has 0 saturated heterocycles. The molecule has 1 aliphatic heterocycles. The fourth-order valence-electron chi connectivity index (χ4n) is 3.48. The molecule has 6 nitrogen and oxygen atoms in total. The Morgan fingerprint density at radius 2 is 2.07 bits per heavy atom. The van der Waals surface area contributed by atoms with Gasteiger partial charge in [-0.3, -0.25) is 14.9 Å². The largest absolute Gasteiger partial charge is 0.328 e. The summed E-state index contributed by atoms with van der Waals surface area (Å²) in [5.41, 5.74) is -0.0411. The second-order valence-corrected chi connectivity index (χ2v) is 7.76. The molecule has 1 spiro atoms. The number of benzene rings is 1. The van der Waals surface area contributed by atoms with Crippen LogP contribution in [0, 0.1) is 12.7 Å². The lowest BCUT2D eigenvalue weighted by Gasteiger charge is -2.34. The van der Waals surface area contributed by atoms with E-state index in [0.29, 0.717) is 0 Å². The molecule has 2 aromatic rings. The number of amides is 2. The van der Waals surface area contributed by atoms with Crippen molar-refractivity contribution in [2.24, 2.45) is 0 Å². The van der Waals surface area contributed by atoms with Crippen LogP contribution < -0.4 is 5.32 Å². The summed E-state index contributed by atoms with van der Waals surface area (Å²) in [6.45, 7) is 1.48. The Labute approximate surface area is 162 Å². The van der Waals surface area contributed by atoms with E-state index in [1.54, 1.807) is 12.4 Å². The molecule has 9 heteroatoms. The van der Waals surface area contributed by atoms with E-state index < -0.39 is 29.2 Å². The molecule has 0 bridgehead atoms. The van der Waals surface area contributed by atoms with Crippen molar-refractivity contribution < 1.29 is 18.4 Å². The number of fused-ring (bicyclic) bond motifs is 2. The lowest BCUT2D eigenvalue weighted by Crippen LogP contribution is -2.48. The molecule has 1 saturated carbocycles.